The van der Waals surface area contributed by atoms with Crippen LogP contribution in [0, 0.1) is 6.92 Å². The van der Waals surface area contributed by atoms with Crippen molar-refractivity contribution in [1.29, 1.82) is 0 Å². The van der Waals surface area contributed by atoms with Crippen LogP contribution in [0.5, 0.6) is 0 Å². The van der Waals surface area contributed by atoms with Crippen LogP contribution in [0.3, 0.4) is 0 Å². The van der Waals surface area contributed by atoms with Crippen molar-refractivity contribution in [3.05, 3.63) is 53.1 Å². The van der Waals surface area contributed by atoms with E-state index in [0.717, 1.165) is 41.5 Å². The molecule has 4 rings (SSSR count). The Bertz CT molecular complexity index is 918. The number of amides is 1. The number of nitrogens with zero attached hydrogens (tertiary/aromatic N) is 5. The maximum atomic E-state index is 12.7. The number of carbonyl (C=O) groups is 1. The number of hydrogen-bond acceptors (Lipinski definition) is 5. The molecule has 26 heavy (non-hydrogen) atoms. The van der Waals surface area contributed by atoms with E-state index in [9.17, 15) is 4.79 Å². The second-order valence-corrected chi connectivity index (χ2v) is 7.67. The van der Waals surface area contributed by atoms with Gasteiger partial charge in [0.05, 0.1) is 22.3 Å². The normalized spacial score (nSPS) is 17.5. The minimum atomic E-state index is 0.0360. The molecule has 1 atom stereocenters. The van der Waals surface area contributed by atoms with E-state index < -0.39 is 0 Å². The van der Waals surface area contributed by atoms with E-state index in [0.29, 0.717) is 12.1 Å². The lowest BCUT2D eigenvalue weighted by Crippen LogP contribution is -2.39. The van der Waals surface area contributed by atoms with Gasteiger partial charge in [-0.1, -0.05) is 6.07 Å². The summed E-state index contributed by atoms with van der Waals surface area (Å²) in [4.78, 5) is 25.3. The van der Waals surface area contributed by atoms with Gasteiger partial charge in [0.1, 0.15) is 5.82 Å². The fraction of sp³-hybridized carbons (Fsp3) is 0.368. The zero-order valence-corrected chi connectivity index (χ0v) is 15.7. The number of piperidine rings is 1. The highest BCUT2D eigenvalue weighted by Gasteiger charge is 2.28. The average molecular weight is 367 g/mol. The molecule has 0 saturated carbocycles. The van der Waals surface area contributed by atoms with Crippen molar-refractivity contribution in [3.63, 3.8) is 0 Å². The molecular formula is C19H21N5OS. The summed E-state index contributed by atoms with van der Waals surface area (Å²) in [5.74, 6) is 1.05. The molecule has 3 aromatic heterocycles. The maximum Gasteiger partial charge on any atom is 0.257 e. The highest BCUT2D eigenvalue weighted by Crippen LogP contribution is 2.29. The van der Waals surface area contributed by atoms with Crippen molar-refractivity contribution in [2.45, 2.75) is 25.7 Å². The number of likely N-dealkylation sites (tertiary alicyclic amines) is 1. The molecule has 1 amide bonds. The summed E-state index contributed by atoms with van der Waals surface area (Å²) in [5.41, 5.74) is 2.57. The van der Waals surface area contributed by atoms with Crippen LogP contribution in [-0.2, 0) is 7.05 Å². The number of hydrogen-bond donors (Lipinski definition) is 0. The maximum absolute atomic E-state index is 12.7. The van der Waals surface area contributed by atoms with Gasteiger partial charge in [0.25, 0.3) is 5.91 Å². The van der Waals surface area contributed by atoms with E-state index in [1.807, 2.05) is 31.0 Å². The molecule has 4 heterocycles. The Morgan fingerprint density at radius 2 is 2.23 bits per heavy atom. The first-order chi connectivity index (χ1) is 12.6. The van der Waals surface area contributed by atoms with Crippen LogP contribution < -0.4 is 0 Å². The Labute approximate surface area is 156 Å². The van der Waals surface area contributed by atoms with Gasteiger partial charge in [-0.3, -0.25) is 9.48 Å². The average Bonchev–Trinajstić information content (AvgIpc) is 3.32. The Balaban J connectivity index is 1.57. The van der Waals surface area contributed by atoms with E-state index in [4.69, 9.17) is 4.98 Å². The minimum Gasteiger partial charge on any atom is -0.338 e. The van der Waals surface area contributed by atoms with Gasteiger partial charge in [0.15, 0.2) is 0 Å². The van der Waals surface area contributed by atoms with Crippen molar-refractivity contribution in [1.82, 2.24) is 24.6 Å². The summed E-state index contributed by atoms with van der Waals surface area (Å²) < 4.78 is 1.66. The van der Waals surface area contributed by atoms with Gasteiger partial charge in [0.2, 0.25) is 0 Å². The molecule has 0 aliphatic carbocycles. The van der Waals surface area contributed by atoms with Gasteiger partial charge in [-0.05, 0) is 37.3 Å². The summed E-state index contributed by atoms with van der Waals surface area (Å²) in [7, 11) is 1.82. The van der Waals surface area contributed by atoms with Crippen LogP contribution in [0.25, 0.3) is 10.6 Å². The second-order valence-electron chi connectivity index (χ2n) is 6.72. The van der Waals surface area contributed by atoms with Crippen LogP contribution in [0.4, 0.5) is 0 Å². The second kappa shape index (κ2) is 6.99. The lowest BCUT2D eigenvalue weighted by molar-refractivity contribution is 0.0704. The Kier molecular flexibility index (Phi) is 4.55. The van der Waals surface area contributed by atoms with E-state index >= 15 is 0 Å². The molecule has 0 spiro atoms. The predicted molar refractivity (Wildman–Crippen MR) is 101 cm³/mol. The third-order valence-corrected chi connectivity index (χ3v) is 5.56. The highest BCUT2D eigenvalue weighted by molar-refractivity contribution is 7.13. The number of aromatic nitrogens is 4. The first kappa shape index (κ1) is 16.9. The van der Waals surface area contributed by atoms with E-state index in [2.05, 4.69) is 21.5 Å². The first-order valence-electron chi connectivity index (χ1n) is 8.77. The summed E-state index contributed by atoms with van der Waals surface area (Å²) in [6.07, 6.45) is 5.36. The lowest BCUT2D eigenvalue weighted by Gasteiger charge is -2.32. The number of aryl methyl sites for hydroxylation is 2. The summed E-state index contributed by atoms with van der Waals surface area (Å²) in [6.45, 7) is 3.43. The van der Waals surface area contributed by atoms with Crippen molar-refractivity contribution in [2.75, 3.05) is 13.1 Å². The standard InChI is InChI=1S/C19H21N5OS/c1-13-9-16(17-6-4-8-26-17)22-18(21-13)14-5-3-7-24(12-14)19(25)15-10-20-23(2)11-15/h4,6,8-11,14H,3,5,7,12H2,1-2H3. The molecule has 0 aromatic carbocycles. The quantitative estimate of drug-likeness (QED) is 0.713. The molecule has 3 aromatic rings. The van der Waals surface area contributed by atoms with Gasteiger partial charge in [-0.15, -0.1) is 11.3 Å². The number of carbonyl (C=O) groups excluding carboxylic acids is 1. The molecular weight excluding hydrogens is 346 g/mol. The molecule has 134 valence electrons. The van der Waals surface area contributed by atoms with E-state index in [1.165, 1.54) is 0 Å². The van der Waals surface area contributed by atoms with Crippen molar-refractivity contribution in [3.8, 4) is 10.6 Å². The zero-order valence-electron chi connectivity index (χ0n) is 14.9. The largest absolute Gasteiger partial charge is 0.338 e. The third kappa shape index (κ3) is 3.39. The Morgan fingerprint density at radius 1 is 1.35 bits per heavy atom. The summed E-state index contributed by atoms with van der Waals surface area (Å²) in [6, 6.07) is 6.14. The van der Waals surface area contributed by atoms with E-state index in [-0.39, 0.29) is 11.8 Å². The van der Waals surface area contributed by atoms with Crippen molar-refractivity contribution >= 4 is 17.2 Å². The topological polar surface area (TPSA) is 63.9 Å². The lowest BCUT2D eigenvalue weighted by atomic mass is 9.96. The van der Waals surface area contributed by atoms with Crippen molar-refractivity contribution in [2.24, 2.45) is 7.05 Å². The molecule has 6 nitrogen and oxygen atoms in total. The van der Waals surface area contributed by atoms with E-state index in [1.54, 1.807) is 28.4 Å². The van der Waals surface area contributed by atoms with Gasteiger partial charge in [-0.25, -0.2) is 9.97 Å². The molecule has 0 bridgehead atoms. The molecule has 0 radical (unpaired) electrons. The molecule has 1 unspecified atom stereocenters. The van der Waals surface area contributed by atoms with Crippen LogP contribution >= 0.6 is 11.3 Å². The van der Waals surface area contributed by atoms with Crippen molar-refractivity contribution < 1.29 is 4.79 Å². The molecule has 1 fully saturated rings. The minimum absolute atomic E-state index is 0.0360. The summed E-state index contributed by atoms with van der Waals surface area (Å²) in [5, 5.41) is 6.16. The zero-order chi connectivity index (χ0) is 18.1. The predicted octanol–water partition coefficient (Wildman–Crippen LogP) is 3.27. The Morgan fingerprint density at radius 3 is 2.96 bits per heavy atom. The van der Waals surface area contributed by atoms with Gasteiger partial charge in [0, 0.05) is 37.9 Å². The number of rotatable bonds is 3. The Hall–Kier alpha value is -2.54. The van der Waals surface area contributed by atoms with Gasteiger partial charge in [-0.2, -0.15) is 5.10 Å². The molecule has 0 N–H and O–H groups in total. The van der Waals surface area contributed by atoms with Gasteiger partial charge < -0.3 is 4.90 Å². The van der Waals surface area contributed by atoms with Crippen LogP contribution in [0.15, 0.2) is 36.0 Å². The third-order valence-electron chi connectivity index (χ3n) is 4.67. The van der Waals surface area contributed by atoms with Crippen LogP contribution in [-0.4, -0.2) is 43.6 Å². The smallest absolute Gasteiger partial charge is 0.257 e. The molecule has 1 aliphatic rings. The number of thiophene rings is 1. The fourth-order valence-corrected chi connectivity index (χ4v) is 4.10. The highest BCUT2D eigenvalue weighted by atomic mass is 32.1. The SMILES string of the molecule is Cc1cc(-c2cccs2)nc(C2CCCN(C(=O)c3cnn(C)c3)C2)n1. The molecule has 1 aliphatic heterocycles. The molecule has 1 saturated heterocycles. The summed E-state index contributed by atoms with van der Waals surface area (Å²) >= 11 is 1.68. The monoisotopic (exact) mass is 367 g/mol. The first-order valence-corrected chi connectivity index (χ1v) is 9.65. The fourth-order valence-electron chi connectivity index (χ4n) is 3.41. The molecule has 7 heteroatoms. The van der Waals surface area contributed by atoms with Gasteiger partial charge >= 0.3 is 0 Å². The van der Waals surface area contributed by atoms with Crippen LogP contribution in [0.2, 0.25) is 0 Å². The van der Waals surface area contributed by atoms with Crippen LogP contribution in [0.1, 0.15) is 40.6 Å².